The van der Waals surface area contributed by atoms with E-state index in [0.29, 0.717) is 15.7 Å². The number of halogens is 1. The Morgan fingerprint density at radius 1 is 1.45 bits per heavy atom. The summed E-state index contributed by atoms with van der Waals surface area (Å²) in [6, 6.07) is 6.95. The summed E-state index contributed by atoms with van der Waals surface area (Å²) in [5, 5.41) is 4.31. The van der Waals surface area contributed by atoms with Gasteiger partial charge in [0.2, 0.25) is 0 Å². The quantitative estimate of drug-likeness (QED) is 0.687. The molecule has 0 aliphatic rings. The number of ether oxygens (including phenoxy) is 1. The Balaban J connectivity index is 2.10. The van der Waals surface area contributed by atoms with Gasteiger partial charge in [-0.2, -0.15) is 5.10 Å². The van der Waals surface area contributed by atoms with Gasteiger partial charge < -0.3 is 10.5 Å². The molecule has 0 bridgehead atoms. The van der Waals surface area contributed by atoms with Crippen molar-refractivity contribution < 1.29 is 9.53 Å². The number of nitrogen functional groups attached to an aromatic ring is 1. The first kappa shape index (κ1) is 14.6. The first-order valence-electron chi connectivity index (χ1n) is 6.26. The molecule has 1 aromatic carbocycles. The van der Waals surface area contributed by atoms with Gasteiger partial charge in [0.15, 0.2) is 0 Å². The molecule has 0 aliphatic carbocycles. The molecule has 6 heteroatoms. The van der Waals surface area contributed by atoms with E-state index in [0.717, 1.165) is 17.9 Å². The number of nitrogens with zero attached hydrogens (tertiary/aromatic N) is 2. The van der Waals surface area contributed by atoms with Gasteiger partial charge in [-0.25, -0.2) is 4.79 Å². The number of carbonyl (C=O) groups is 1. The maximum atomic E-state index is 12.1. The summed E-state index contributed by atoms with van der Waals surface area (Å²) in [6.07, 6.45) is 0. The number of hydrogen-bond donors (Lipinski definition) is 1. The summed E-state index contributed by atoms with van der Waals surface area (Å²) in [6.45, 7) is 4.83. The van der Waals surface area contributed by atoms with E-state index in [4.69, 9.17) is 10.5 Å². The van der Waals surface area contributed by atoms with Crippen LogP contribution in [0, 0.1) is 6.92 Å². The predicted molar refractivity (Wildman–Crippen MR) is 80.3 cm³/mol. The van der Waals surface area contributed by atoms with Crippen molar-refractivity contribution in [1.82, 2.24) is 9.78 Å². The number of esters is 1. The van der Waals surface area contributed by atoms with Gasteiger partial charge in [0.05, 0.1) is 17.0 Å². The van der Waals surface area contributed by atoms with Gasteiger partial charge in [-0.1, -0.05) is 0 Å². The van der Waals surface area contributed by atoms with E-state index in [9.17, 15) is 4.79 Å². The molecule has 0 aliphatic heterocycles. The molecule has 0 amide bonds. The van der Waals surface area contributed by atoms with Gasteiger partial charge in [0.25, 0.3) is 0 Å². The zero-order valence-electron chi connectivity index (χ0n) is 11.4. The van der Waals surface area contributed by atoms with Gasteiger partial charge in [0.1, 0.15) is 6.61 Å². The van der Waals surface area contributed by atoms with E-state index < -0.39 is 5.97 Å². The molecule has 0 spiro atoms. The molecule has 0 atom stereocenters. The molecular formula is C14H16BrN3O2. The first-order chi connectivity index (χ1) is 9.51. The average molecular weight is 338 g/mol. The van der Waals surface area contributed by atoms with Crippen molar-refractivity contribution >= 4 is 27.6 Å². The standard InChI is InChI=1S/C14H16BrN3O2/c1-3-18-11(6-9(2)17-18)8-20-14(19)12-7-10(16)4-5-13(12)15/h4-7H,3,8,16H2,1-2H3. The third-order valence-corrected chi connectivity index (χ3v) is 3.54. The van der Waals surface area contributed by atoms with Gasteiger partial charge in [0, 0.05) is 16.7 Å². The monoisotopic (exact) mass is 337 g/mol. The summed E-state index contributed by atoms with van der Waals surface area (Å²) in [5.74, 6) is -0.411. The van der Waals surface area contributed by atoms with Crippen LogP contribution in [0.4, 0.5) is 5.69 Å². The summed E-state index contributed by atoms with van der Waals surface area (Å²) in [5.41, 5.74) is 8.40. The SMILES string of the molecule is CCn1nc(C)cc1COC(=O)c1cc(N)ccc1Br. The van der Waals surface area contributed by atoms with Crippen LogP contribution in [0.25, 0.3) is 0 Å². The summed E-state index contributed by atoms with van der Waals surface area (Å²) in [4.78, 5) is 12.1. The Hall–Kier alpha value is -1.82. The second-order valence-corrected chi connectivity index (χ2v) is 5.26. The van der Waals surface area contributed by atoms with Crippen LogP contribution in [-0.2, 0) is 17.9 Å². The molecule has 2 N–H and O–H groups in total. The van der Waals surface area contributed by atoms with Crippen molar-refractivity contribution in [3.05, 3.63) is 45.7 Å². The largest absolute Gasteiger partial charge is 0.456 e. The highest BCUT2D eigenvalue weighted by Gasteiger charge is 2.13. The highest BCUT2D eigenvalue weighted by Crippen LogP contribution is 2.21. The third kappa shape index (κ3) is 3.19. The van der Waals surface area contributed by atoms with Gasteiger partial charge in [-0.3, -0.25) is 4.68 Å². The van der Waals surface area contributed by atoms with Crippen molar-refractivity contribution in [2.24, 2.45) is 0 Å². The van der Waals surface area contributed by atoms with Crippen LogP contribution in [0.3, 0.4) is 0 Å². The fourth-order valence-electron chi connectivity index (χ4n) is 1.91. The van der Waals surface area contributed by atoms with Crippen molar-refractivity contribution in [3.8, 4) is 0 Å². The highest BCUT2D eigenvalue weighted by atomic mass is 79.9. The van der Waals surface area contributed by atoms with E-state index >= 15 is 0 Å². The Bertz CT molecular complexity index is 637. The summed E-state index contributed by atoms with van der Waals surface area (Å²) < 4.78 is 7.80. The molecule has 2 aromatic rings. The van der Waals surface area contributed by atoms with Crippen molar-refractivity contribution in [3.63, 3.8) is 0 Å². The number of aromatic nitrogens is 2. The lowest BCUT2D eigenvalue weighted by molar-refractivity contribution is 0.0461. The lowest BCUT2D eigenvalue weighted by atomic mass is 10.2. The molecule has 5 nitrogen and oxygen atoms in total. The summed E-state index contributed by atoms with van der Waals surface area (Å²) >= 11 is 3.32. The van der Waals surface area contributed by atoms with Crippen LogP contribution < -0.4 is 5.73 Å². The molecule has 0 radical (unpaired) electrons. The van der Waals surface area contributed by atoms with E-state index in [1.807, 2.05) is 24.6 Å². The normalized spacial score (nSPS) is 10.6. The Kier molecular flexibility index (Phi) is 4.44. The number of benzene rings is 1. The molecule has 0 saturated heterocycles. The number of hydrogen-bond acceptors (Lipinski definition) is 4. The molecule has 20 heavy (non-hydrogen) atoms. The zero-order chi connectivity index (χ0) is 14.7. The van der Waals surface area contributed by atoms with E-state index in [-0.39, 0.29) is 6.61 Å². The zero-order valence-corrected chi connectivity index (χ0v) is 13.0. The second kappa shape index (κ2) is 6.09. The van der Waals surface area contributed by atoms with Gasteiger partial charge in [-0.15, -0.1) is 0 Å². The predicted octanol–water partition coefficient (Wildman–Crippen LogP) is 2.91. The molecule has 0 unspecified atom stereocenters. The Morgan fingerprint density at radius 2 is 2.20 bits per heavy atom. The van der Waals surface area contributed by atoms with Gasteiger partial charge >= 0.3 is 5.97 Å². The first-order valence-corrected chi connectivity index (χ1v) is 7.06. The summed E-state index contributed by atoms with van der Waals surface area (Å²) in [7, 11) is 0. The van der Waals surface area contributed by atoms with Crippen LogP contribution in [0.2, 0.25) is 0 Å². The molecule has 2 rings (SSSR count). The molecule has 0 saturated carbocycles. The topological polar surface area (TPSA) is 70.1 Å². The Labute approximate surface area is 125 Å². The highest BCUT2D eigenvalue weighted by molar-refractivity contribution is 9.10. The fraction of sp³-hybridized carbons (Fsp3) is 0.286. The minimum atomic E-state index is -0.411. The van der Waals surface area contributed by atoms with Crippen LogP contribution in [0.1, 0.15) is 28.7 Å². The number of nitrogens with two attached hydrogens (primary N) is 1. The number of carbonyl (C=O) groups excluding carboxylic acids is 1. The minimum absolute atomic E-state index is 0.189. The maximum Gasteiger partial charge on any atom is 0.339 e. The Morgan fingerprint density at radius 3 is 2.90 bits per heavy atom. The second-order valence-electron chi connectivity index (χ2n) is 4.41. The number of rotatable bonds is 4. The van der Waals surface area contributed by atoms with Crippen LogP contribution >= 0.6 is 15.9 Å². The fourth-order valence-corrected chi connectivity index (χ4v) is 2.31. The lowest BCUT2D eigenvalue weighted by Gasteiger charge is -2.08. The molecule has 106 valence electrons. The van der Waals surface area contributed by atoms with E-state index in [1.54, 1.807) is 18.2 Å². The van der Waals surface area contributed by atoms with E-state index in [1.165, 1.54) is 0 Å². The van der Waals surface area contributed by atoms with Crippen LogP contribution in [0.5, 0.6) is 0 Å². The van der Waals surface area contributed by atoms with Crippen molar-refractivity contribution in [2.75, 3.05) is 5.73 Å². The number of anilines is 1. The van der Waals surface area contributed by atoms with E-state index in [2.05, 4.69) is 21.0 Å². The number of aryl methyl sites for hydroxylation is 2. The minimum Gasteiger partial charge on any atom is -0.456 e. The molecule has 0 fully saturated rings. The average Bonchev–Trinajstić information content (AvgIpc) is 2.79. The van der Waals surface area contributed by atoms with Crippen LogP contribution in [-0.4, -0.2) is 15.7 Å². The van der Waals surface area contributed by atoms with Crippen molar-refractivity contribution in [2.45, 2.75) is 27.0 Å². The van der Waals surface area contributed by atoms with Gasteiger partial charge in [-0.05, 0) is 54.0 Å². The van der Waals surface area contributed by atoms with Crippen LogP contribution in [0.15, 0.2) is 28.7 Å². The maximum absolute atomic E-state index is 12.1. The molecule has 1 heterocycles. The third-order valence-electron chi connectivity index (χ3n) is 2.85. The molecule has 1 aromatic heterocycles. The van der Waals surface area contributed by atoms with Crippen molar-refractivity contribution in [1.29, 1.82) is 0 Å². The lowest BCUT2D eigenvalue weighted by Crippen LogP contribution is -2.10. The smallest absolute Gasteiger partial charge is 0.339 e. The molecular weight excluding hydrogens is 322 g/mol.